The third kappa shape index (κ3) is 4.00. The molecular weight excluding hydrogens is 338 g/mol. The molecule has 0 atom stereocenters. The van der Waals surface area contributed by atoms with Crippen LogP contribution in [0.5, 0.6) is 5.75 Å². The quantitative estimate of drug-likeness (QED) is 0.742. The number of amides is 3. The van der Waals surface area contributed by atoms with Crippen LogP contribution in [0.25, 0.3) is 0 Å². The van der Waals surface area contributed by atoms with Crippen molar-refractivity contribution in [3.8, 4) is 5.75 Å². The molecule has 0 radical (unpaired) electrons. The highest BCUT2D eigenvalue weighted by Gasteiger charge is 2.25. The van der Waals surface area contributed by atoms with Crippen LogP contribution < -0.4 is 15.4 Å². The van der Waals surface area contributed by atoms with Gasteiger partial charge in [-0.3, -0.25) is 4.90 Å². The van der Waals surface area contributed by atoms with Gasteiger partial charge in [-0.1, -0.05) is 11.6 Å². The van der Waals surface area contributed by atoms with Crippen molar-refractivity contribution in [2.24, 2.45) is 5.14 Å². The zero-order chi connectivity index (χ0) is 17.1. The van der Waals surface area contributed by atoms with E-state index in [-0.39, 0.29) is 17.3 Å². The first-order valence-corrected chi connectivity index (χ1v) is 7.77. The molecule has 1 rings (SSSR count). The number of phenolic OH excluding ortho intramolecular Hbond substituents is 1. The summed E-state index contributed by atoms with van der Waals surface area (Å²) in [6.45, 7) is 1.61. The summed E-state index contributed by atoms with van der Waals surface area (Å²) in [4.78, 5) is 23.1. The zero-order valence-electron chi connectivity index (χ0n) is 11.7. The minimum Gasteiger partial charge on any atom is -0.504 e. The van der Waals surface area contributed by atoms with Gasteiger partial charge in [-0.05, 0) is 19.1 Å². The number of alkyl carbamates (subject to hydrolysis) is 1. The number of ether oxygens (including phenoxy) is 1. The van der Waals surface area contributed by atoms with E-state index >= 15 is 0 Å². The fraction of sp³-hybridized carbons (Fsp3) is 0.273. The Morgan fingerprint density at radius 1 is 1.45 bits per heavy atom. The Morgan fingerprint density at radius 2 is 2.05 bits per heavy atom. The second-order valence-electron chi connectivity index (χ2n) is 4.00. The molecule has 11 heteroatoms. The Hall–Kier alpha value is -2.04. The van der Waals surface area contributed by atoms with Gasteiger partial charge >= 0.3 is 12.1 Å². The molecule has 22 heavy (non-hydrogen) atoms. The predicted molar refractivity (Wildman–Crippen MR) is 78.4 cm³/mol. The van der Waals surface area contributed by atoms with Crippen LogP contribution in [0.15, 0.2) is 17.0 Å². The maximum Gasteiger partial charge on any atom is 0.415 e. The number of urea groups is 1. The van der Waals surface area contributed by atoms with E-state index in [1.165, 1.54) is 13.1 Å². The number of halogens is 1. The van der Waals surface area contributed by atoms with Gasteiger partial charge in [0.05, 0.1) is 17.3 Å². The van der Waals surface area contributed by atoms with Gasteiger partial charge in [0.1, 0.15) is 4.90 Å². The molecule has 0 bridgehead atoms. The van der Waals surface area contributed by atoms with Gasteiger partial charge in [-0.15, -0.1) is 0 Å². The molecule has 1 aromatic carbocycles. The first-order chi connectivity index (χ1) is 10.1. The van der Waals surface area contributed by atoms with Crippen molar-refractivity contribution in [1.29, 1.82) is 0 Å². The molecule has 0 saturated carbocycles. The number of nitrogens with two attached hydrogens (primary N) is 1. The molecule has 122 valence electrons. The number of phenols is 1. The molecule has 0 aliphatic rings. The van der Waals surface area contributed by atoms with Crippen molar-refractivity contribution >= 4 is 39.4 Å². The third-order valence-corrected chi connectivity index (χ3v) is 3.91. The number of carbonyl (C=O) groups excluding carboxylic acids is 2. The zero-order valence-corrected chi connectivity index (χ0v) is 13.2. The molecule has 0 heterocycles. The summed E-state index contributed by atoms with van der Waals surface area (Å²) in [7, 11) is -3.11. The lowest BCUT2D eigenvalue weighted by Gasteiger charge is -2.20. The number of hydrogen-bond donors (Lipinski definition) is 3. The summed E-state index contributed by atoms with van der Waals surface area (Å²) >= 11 is 5.68. The van der Waals surface area contributed by atoms with E-state index in [1.54, 1.807) is 6.92 Å². The summed E-state index contributed by atoms with van der Waals surface area (Å²) in [5, 5.41) is 16.5. The molecule has 0 aliphatic carbocycles. The number of aromatic hydroxyl groups is 1. The van der Waals surface area contributed by atoms with Crippen LogP contribution in [0, 0.1) is 0 Å². The molecule has 1 aromatic rings. The molecule has 3 amide bonds. The number of nitrogens with one attached hydrogen (secondary N) is 1. The van der Waals surface area contributed by atoms with Crippen molar-refractivity contribution < 1.29 is 27.9 Å². The first-order valence-electron chi connectivity index (χ1n) is 5.85. The number of carbonyl (C=O) groups is 2. The Bertz CT molecular complexity index is 706. The highest BCUT2D eigenvalue weighted by atomic mass is 35.5. The Balaban J connectivity index is 3.17. The van der Waals surface area contributed by atoms with Crippen LogP contribution in [-0.4, -0.2) is 39.3 Å². The van der Waals surface area contributed by atoms with Gasteiger partial charge in [-0.2, -0.15) is 0 Å². The monoisotopic (exact) mass is 351 g/mol. The number of nitrogens with zero attached hydrogens (tertiary/aromatic N) is 1. The van der Waals surface area contributed by atoms with Crippen LogP contribution in [0.1, 0.15) is 6.92 Å². The van der Waals surface area contributed by atoms with Crippen LogP contribution in [0.2, 0.25) is 5.02 Å². The summed E-state index contributed by atoms with van der Waals surface area (Å²) in [5.74, 6) is -0.809. The second-order valence-corrected chi connectivity index (χ2v) is 5.90. The van der Waals surface area contributed by atoms with Crippen molar-refractivity contribution in [2.75, 3.05) is 18.6 Å². The SMILES string of the molecule is CCOC(=O)NC(=O)N(C)c1ccc(Cl)c(S(N)(=O)=O)c1O. The molecule has 0 saturated heterocycles. The van der Waals surface area contributed by atoms with Crippen LogP contribution in [-0.2, 0) is 14.8 Å². The number of sulfonamides is 1. The van der Waals surface area contributed by atoms with E-state index < -0.39 is 32.8 Å². The maximum atomic E-state index is 11.8. The summed E-state index contributed by atoms with van der Waals surface area (Å²) in [5.41, 5.74) is -0.213. The lowest BCUT2D eigenvalue weighted by atomic mass is 10.2. The van der Waals surface area contributed by atoms with Gasteiger partial charge < -0.3 is 9.84 Å². The van der Waals surface area contributed by atoms with Gasteiger partial charge in [0.25, 0.3) is 0 Å². The minimum atomic E-state index is -4.31. The van der Waals surface area contributed by atoms with Gasteiger partial charge in [0.2, 0.25) is 10.0 Å². The Kier molecular flexibility index (Phi) is 5.58. The molecular formula is C11H14ClN3O6S. The maximum absolute atomic E-state index is 11.8. The molecule has 0 spiro atoms. The normalized spacial score (nSPS) is 10.9. The summed E-state index contributed by atoms with van der Waals surface area (Å²) in [6, 6.07) is 1.39. The molecule has 0 unspecified atom stereocenters. The molecule has 9 nitrogen and oxygen atoms in total. The topological polar surface area (TPSA) is 139 Å². The first kappa shape index (κ1) is 18.0. The van der Waals surface area contributed by atoms with E-state index in [0.717, 1.165) is 11.0 Å². The van der Waals surface area contributed by atoms with E-state index in [9.17, 15) is 23.1 Å². The molecule has 4 N–H and O–H groups in total. The average molecular weight is 352 g/mol. The van der Waals surface area contributed by atoms with Gasteiger partial charge in [0.15, 0.2) is 5.75 Å². The number of hydrogen-bond acceptors (Lipinski definition) is 6. The van der Waals surface area contributed by atoms with E-state index in [4.69, 9.17) is 16.7 Å². The van der Waals surface area contributed by atoms with Gasteiger partial charge in [0, 0.05) is 7.05 Å². The van der Waals surface area contributed by atoms with Crippen molar-refractivity contribution in [3.63, 3.8) is 0 Å². The van der Waals surface area contributed by atoms with Crippen LogP contribution >= 0.6 is 11.6 Å². The summed E-state index contributed by atoms with van der Waals surface area (Å²) in [6.07, 6.45) is -0.987. The standard InChI is InChI=1S/C11H14ClN3O6S/c1-3-21-11(18)14-10(17)15(2)7-5-4-6(12)9(8(7)16)22(13,19)20/h4-5,16H,3H2,1-2H3,(H2,13,19,20)(H,14,17,18). The Morgan fingerprint density at radius 3 is 2.55 bits per heavy atom. The van der Waals surface area contributed by atoms with Crippen LogP contribution in [0.3, 0.4) is 0 Å². The number of primary sulfonamides is 1. The number of imide groups is 1. The largest absolute Gasteiger partial charge is 0.504 e. The van der Waals surface area contributed by atoms with E-state index in [0.29, 0.717) is 0 Å². The number of benzene rings is 1. The predicted octanol–water partition coefficient (Wildman–Crippen LogP) is 0.995. The molecule has 0 aliphatic heterocycles. The second kappa shape index (κ2) is 6.81. The molecule has 0 aromatic heterocycles. The van der Waals surface area contributed by atoms with Crippen molar-refractivity contribution in [2.45, 2.75) is 11.8 Å². The number of anilines is 1. The van der Waals surface area contributed by atoms with E-state index in [2.05, 4.69) is 4.74 Å². The van der Waals surface area contributed by atoms with Gasteiger partial charge in [-0.25, -0.2) is 28.5 Å². The Labute approximate surface area is 131 Å². The lowest BCUT2D eigenvalue weighted by Crippen LogP contribution is -2.41. The highest BCUT2D eigenvalue weighted by Crippen LogP contribution is 2.37. The van der Waals surface area contributed by atoms with Crippen molar-refractivity contribution in [3.05, 3.63) is 17.2 Å². The van der Waals surface area contributed by atoms with E-state index in [1.807, 2.05) is 5.32 Å². The fourth-order valence-corrected chi connectivity index (χ4v) is 2.71. The summed E-state index contributed by atoms with van der Waals surface area (Å²) < 4.78 is 27.4. The average Bonchev–Trinajstić information content (AvgIpc) is 2.36. The molecule has 0 fully saturated rings. The third-order valence-electron chi connectivity index (χ3n) is 2.50. The minimum absolute atomic E-state index is 0.0601. The van der Waals surface area contributed by atoms with Crippen molar-refractivity contribution in [1.82, 2.24) is 5.32 Å². The highest BCUT2D eigenvalue weighted by molar-refractivity contribution is 7.89. The fourth-order valence-electron chi connectivity index (χ4n) is 1.53. The van der Waals surface area contributed by atoms with Crippen LogP contribution in [0.4, 0.5) is 15.3 Å². The smallest absolute Gasteiger partial charge is 0.415 e. The lowest BCUT2D eigenvalue weighted by molar-refractivity contribution is 0.153. The number of rotatable bonds is 3.